The van der Waals surface area contributed by atoms with Crippen LogP contribution in [0.3, 0.4) is 0 Å². The number of carbonyl (C=O) groups excluding carboxylic acids is 1. The Hall–Kier alpha value is -3.41. The van der Waals surface area contributed by atoms with E-state index in [2.05, 4.69) is 0 Å². The van der Waals surface area contributed by atoms with E-state index in [-0.39, 0.29) is 48.3 Å². The second-order valence-corrected chi connectivity index (χ2v) is 8.99. The zero-order chi connectivity index (χ0) is 21.3. The summed E-state index contributed by atoms with van der Waals surface area (Å²) in [7, 11) is -3.70. The molecule has 1 fully saturated rings. The number of aromatic hydroxyl groups is 1. The quantitative estimate of drug-likeness (QED) is 0.700. The van der Waals surface area contributed by atoms with Crippen molar-refractivity contribution >= 4 is 26.7 Å². The Bertz CT molecular complexity index is 1260. The first-order valence-corrected chi connectivity index (χ1v) is 10.9. The molecule has 0 unspecified atom stereocenters. The fourth-order valence-corrected chi connectivity index (χ4v) is 4.97. The molecule has 0 spiro atoms. The largest absolute Gasteiger partial charge is 0.507 e. The van der Waals surface area contributed by atoms with Crippen molar-refractivity contribution in [3.05, 3.63) is 71.8 Å². The average Bonchev–Trinajstić information content (AvgIpc) is 2.78. The van der Waals surface area contributed by atoms with Gasteiger partial charge in [0.05, 0.1) is 22.1 Å². The molecular weight excluding hydrogens is 402 g/mol. The van der Waals surface area contributed by atoms with Crippen LogP contribution in [-0.4, -0.2) is 54.8 Å². The van der Waals surface area contributed by atoms with Crippen LogP contribution in [0.1, 0.15) is 15.9 Å². The van der Waals surface area contributed by atoms with Gasteiger partial charge in [-0.15, -0.1) is 0 Å². The summed E-state index contributed by atoms with van der Waals surface area (Å²) in [6, 6.07) is 18.4. The number of nitriles is 1. The van der Waals surface area contributed by atoms with Crippen LogP contribution in [0.5, 0.6) is 5.75 Å². The molecule has 1 aliphatic rings. The molecule has 1 amide bonds. The SMILES string of the molecule is N#Cc1ccc(S(=O)(=O)N2CCN(C(=O)c3cc4ccccc4cc3O)CC2)cc1. The monoisotopic (exact) mass is 421 g/mol. The van der Waals surface area contributed by atoms with Gasteiger partial charge in [0.2, 0.25) is 10.0 Å². The van der Waals surface area contributed by atoms with Crippen LogP contribution in [0.15, 0.2) is 65.6 Å². The Kier molecular flexibility index (Phi) is 5.16. The highest BCUT2D eigenvalue weighted by molar-refractivity contribution is 7.89. The maximum atomic E-state index is 12.9. The molecule has 8 heteroatoms. The maximum Gasteiger partial charge on any atom is 0.257 e. The minimum Gasteiger partial charge on any atom is -0.507 e. The molecule has 1 heterocycles. The lowest BCUT2D eigenvalue weighted by Gasteiger charge is -2.34. The lowest BCUT2D eigenvalue weighted by molar-refractivity contribution is 0.0695. The van der Waals surface area contributed by atoms with E-state index >= 15 is 0 Å². The van der Waals surface area contributed by atoms with Gasteiger partial charge in [-0.25, -0.2) is 8.42 Å². The van der Waals surface area contributed by atoms with Crippen LogP contribution in [-0.2, 0) is 10.0 Å². The minimum absolute atomic E-state index is 0.0914. The fourth-order valence-electron chi connectivity index (χ4n) is 3.55. The first-order valence-electron chi connectivity index (χ1n) is 9.41. The molecule has 30 heavy (non-hydrogen) atoms. The highest BCUT2D eigenvalue weighted by Gasteiger charge is 2.31. The molecule has 152 valence electrons. The molecule has 3 aromatic carbocycles. The van der Waals surface area contributed by atoms with Crippen molar-refractivity contribution in [1.29, 1.82) is 5.26 Å². The van der Waals surface area contributed by atoms with Gasteiger partial charge in [-0.2, -0.15) is 9.57 Å². The van der Waals surface area contributed by atoms with E-state index in [1.54, 1.807) is 17.0 Å². The second-order valence-electron chi connectivity index (χ2n) is 7.05. The van der Waals surface area contributed by atoms with E-state index in [0.29, 0.717) is 5.56 Å². The maximum absolute atomic E-state index is 12.9. The van der Waals surface area contributed by atoms with Gasteiger partial charge < -0.3 is 10.0 Å². The van der Waals surface area contributed by atoms with Crippen molar-refractivity contribution in [2.24, 2.45) is 0 Å². The zero-order valence-corrected chi connectivity index (χ0v) is 16.8. The van der Waals surface area contributed by atoms with Crippen LogP contribution >= 0.6 is 0 Å². The van der Waals surface area contributed by atoms with E-state index in [1.165, 1.54) is 28.6 Å². The van der Waals surface area contributed by atoms with Gasteiger partial charge in [0.1, 0.15) is 5.75 Å². The number of hydrogen-bond acceptors (Lipinski definition) is 5. The van der Waals surface area contributed by atoms with Gasteiger partial charge in [0, 0.05) is 26.2 Å². The van der Waals surface area contributed by atoms with E-state index < -0.39 is 10.0 Å². The zero-order valence-electron chi connectivity index (χ0n) is 16.0. The van der Waals surface area contributed by atoms with Crippen LogP contribution in [0, 0.1) is 11.3 Å². The van der Waals surface area contributed by atoms with Crippen LogP contribution in [0.4, 0.5) is 0 Å². The predicted octanol–water partition coefficient (Wildman–Crippen LogP) is 2.56. The van der Waals surface area contributed by atoms with E-state index in [1.807, 2.05) is 30.3 Å². The number of piperazine rings is 1. The van der Waals surface area contributed by atoms with Crippen molar-refractivity contribution in [3.8, 4) is 11.8 Å². The lowest BCUT2D eigenvalue weighted by Crippen LogP contribution is -2.50. The molecule has 7 nitrogen and oxygen atoms in total. The molecule has 3 aromatic rings. The summed E-state index contributed by atoms with van der Waals surface area (Å²) >= 11 is 0. The number of rotatable bonds is 3. The molecular formula is C22H19N3O4S. The van der Waals surface area contributed by atoms with Gasteiger partial charge in [-0.3, -0.25) is 4.79 Å². The van der Waals surface area contributed by atoms with Crippen LogP contribution < -0.4 is 0 Å². The number of phenolic OH excluding ortho intramolecular Hbond substituents is 1. The Morgan fingerprint density at radius 3 is 2.13 bits per heavy atom. The number of benzene rings is 3. The van der Waals surface area contributed by atoms with Crippen molar-refractivity contribution < 1.29 is 18.3 Å². The molecule has 0 bridgehead atoms. The first kappa shape index (κ1) is 19.9. The van der Waals surface area contributed by atoms with E-state index in [9.17, 15) is 18.3 Å². The summed E-state index contributed by atoms with van der Waals surface area (Å²) in [6.07, 6.45) is 0. The molecule has 1 N–H and O–H groups in total. The third-order valence-corrected chi connectivity index (χ3v) is 7.15. The van der Waals surface area contributed by atoms with Crippen molar-refractivity contribution in [1.82, 2.24) is 9.21 Å². The van der Waals surface area contributed by atoms with Gasteiger partial charge in [-0.05, 0) is 47.2 Å². The third-order valence-electron chi connectivity index (χ3n) is 5.24. The molecule has 0 atom stereocenters. The fraction of sp³-hybridized carbons (Fsp3) is 0.182. The molecule has 0 aromatic heterocycles. The number of amides is 1. The summed E-state index contributed by atoms with van der Waals surface area (Å²) in [6.45, 7) is 0.756. The summed E-state index contributed by atoms with van der Waals surface area (Å²) in [5.74, 6) is -0.417. The first-order chi connectivity index (χ1) is 14.4. The predicted molar refractivity (Wildman–Crippen MR) is 111 cm³/mol. The van der Waals surface area contributed by atoms with Crippen molar-refractivity contribution in [2.75, 3.05) is 26.2 Å². The molecule has 1 saturated heterocycles. The van der Waals surface area contributed by atoms with Crippen molar-refractivity contribution in [3.63, 3.8) is 0 Å². The number of nitrogens with zero attached hydrogens (tertiary/aromatic N) is 3. The van der Waals surface area contributed by atoms with Crippen LogP contribution in [0.2, 0.25) is 0 Å². The Balaban J connectivity index is 1.49. The van der Waals surface area contributed by atoms with Gasteiger partial charge >= 0.3 is 0 Å². The van der Waals surface area contributed by atoms with E-state index in [0.717, 1.165) is 10.8 Å². The Morgan fingerprint density at radius 2 is 1.53 bits per heavy atom. The molecule has 0 aliphatic carbocycles. The summed E-state index contributed by atoms with van der Waals surface area (Å²) < 4.78 is 27.0. The number of carbonyl (C=O) groups is 1. The molecule has 0 saturated carbocycles. The van der Waals surface area contributed by atoms with Crippen molar-refractivity contribution in [2.45, 2.75) is 4.90 Å². The number of phenols is 1. The number of fused-ring (bicyclic) bond motifs is 1. The smallest absolute Gasteiger partial charge is 0.257 e. The molecule has 4 rings (SSSR count). The summed E-state index contributed by atoms with van der Waals surface area (Å²) in [5, 5.41) is 20.9. The Labute approximate surface area is 174 Å². The second kappa shape index (κ2) is 7.78. The highest BCUT2D eigenvalue weighted by atomic mass is 32.2. The summed E-state index contributed by atoms with van der Waals surface area (Å²) in [4.78, 5) is 14.6. The summed E-state index contributed by atoms with van der Waals surface area (Å²) in [5.41, 5.74) is 0.594. The minimum atomic E-state index is -3.70. The number of hydrogen-bond donors (Lipinski definition) is 1. The average molecular weight is 421 g/mol. The van der Waals surface area contributed by atoms with Gasteiger partial charge in [0.15, 0.2) is 0 Å². The lowest BCUT2D eigenvalue weighted by atomic mass is 10.0. The third kappa shape index (κ3) is 3.61. The highest BCUT2D eigenvalue weighted by Crippen LogP contribution is 2.27. The molecule has 0 radical (unpaired) electrons. The topological polar surface area (TPSA) is 102 Å². The molecule has 1 aliphatic heterocycles. The number of sulfonamides is 1. The van der Waals surface area contributed by atoms with Crippen LogP contribution in [0.25, 0.3) is 10.8 Å². The van der Waals surface area contributed by atoms with E-state index in [4.69, 9.17) is 5.26 Å². The normalized spacial score (nSPS) is 15.1. The van der Waals surface area contributed by atoms with Gasteiger partial charge in [0.25, 0.3) is 5.91 Å². The van der Waals surface area contributed by atoms with Gasteiger partial charge in [-0.1, -0.05) is 24.3 Å². The Morgan fingerprint density at radius 1 is 0.933 bits per heavy atom. The standard InChI is InChI=1S/C22H19N3O4S/c23-15-16-5-7-19(8-6-16)30(28,29)25-11-9-24(10-12-25)22(27)20-13-17-3-1-2-4-18(17)14-21(20)26/h1-8,13-14,26H,9-12H2.